The lowest BCUT2D eigenvalue weighted by molar-refractivity contribution is -0.143. The van der Waals surface area contributed by atoms with E-state index in [2.05, 4.69) is 61.2 Å². The van der Waals surface area contributed by atoms with Crippen LogP contribution in [-0.4, -0.2) is 25.2 Å². The maximum atomic E-state index is 11.8. The minimum absolute atomic E-state index is 0.0872. The molecule has 3 heteroatoms. The van der Waals surface area contributed by atoms with Crippen molar-refractivity contribution in [1.82, 2.24) is 0 Å². The lowest BCUT2D eigenvalue weighted by Gasteiger charge is -2.26. The van der Waals surface area contributed by atoms with Gasteiger partial charge in [0.25, 0.3) is 0 Å². The first kappa shape index (κ1) is 18.5. The van der Waals surface area contributed by atoms with E-state index < -0.39 is 0 Å². The van der Waals surface area contributed by atoms with Crippen LogP contribution in [0.4, 0.5) is 5.69 Å². The molecule has 1 atom stereocenters. The number of carbonyl (C=O) groups is 1. The van der Waals surface area contributed by atoms with Crippen LogP contribution in [0.15, 0.2) is 42.5 Å². The minimum atomic E-state index is -0.0872. The van der Waals surface area contributed by atoms with Crippen LogP contribution >= 0.6 is 0 Å². The molecule has 0 spiro atoms. The first-order valence-corrected chi connectivity index (χ1v) is 9.64. The number of hydrogen-bond donors (Lipinski definition) is 0. The van der Waals surface area contributed by atoms with Crippen molar-refractivity contribution in [3.63, 3.8) is 0 Å². The first-order valence-electron chi connectivity index (χ1n) is 9.64. The summed E-state index contributed by atoms with van der Waals surface area (Å²) in [6.07, 6.45) is 3.63. The molecule has 3 rings (SSSR count). The smallest absolute Gasteiger partial charge is 0.307 e. The molecule has 0 aliphatic carbocycles. The van der Waals surface area contributed by atoms with E-state index in [1.165, 1.54) is 27.9 Å². The van der Waals surface area contributed by atoms with E-state index in [-0.39, 0.29) is 12.0 Å². The molecule has 3 nitrogen and oxygen atoms in total. The van der Waals surface area contributed by atoms with E-state index in [4.69, 9.17) is 4.74 Å². The fourth-order valence-electron chi connectivity index (χ4n) is 3.87. The van der Waals surface area contributed by atoms with Crippen LogP contribution in [0.1, 0.15) is 48.4 Å². The Labute approximate surface area is 157 Å². The van der Waals surface area contributed by atoms with Crippen molar-refractivity contribution < 1.29 is 9.53 Å². The standard InChI is InChI=1S/C23H29NO2/c1-4-26-23(25)16-22-6-5-13-24(22)21-11-8-19(9-12-21)15-20-10-7-17(2)14-18(20)3/h7-12,14,22H,4-6,13,15-16H2,1-3H3/t22-/m0/s1. The largest absolute Gasteiger partial charge is 0.466 e. The average molecular weight is 351 g/mol. The molecule has 0 unspecified atom stereocenters. The third-order valence-electron chi connectivity index (χ3n) is 5.25. The molecule has 2 aromatic rings. The Morgan fingerprint density at radius 3 is 2.62 bits per heavy atom. The van der Waals surface area contributed by atoms with Crippen molar-refractivity contribution >= 4 is 11.7 Å². The van der Waals surface area contributed by atoms with Gasteiger partial charge in [0, 0.05) is 18.3 Å². The Bertz CT molecular complexity index is 751. The molecule has 0 amide bonds. The van der Waals surface area contributed by atoms with E-state index in [0.29, 0.717) is 13.0 Å². The number of esters is 1. The predicted molar refractivity (Wildman–Crippen MR) is 107 cm³/mol. The highest BCUT2D eigenvalue weighted by Gasteiger charge is 2.27. The zero-order chi connectivity index (χ0) is 18.5. The van der Waals surface area contributed by atoms with Gasteiger partial charge in [-0.2, -0.15) is 0 Å². The van der Waals surface area contributed by atoms with Crippen molar-refractivity contribution in [2.45, 2.75) is 52.5 Å². The predicted octanol–water partition coefficient (Wildman–Crippen LogP) is 4.82. The molecule has 1 fully saturated rings. The van der Waals surface area contributed by atoms with Gasteiger partial charge >= 0.3 is 5.97 Å². The summed E-state index contributed by atoms with van der Waals surface area (Å²) in [5.41, 5.74) is 6.57. The van der Waals surface area contributed by atoms with Crippen LogP contribution in [0.25, 0.3) is 0 Å². The van der Waals surface area contributed by atoms with Gasteiger partial charge in [0.2, 0.25) is 0 Å². The minimum Gasteiger partial charge on any atom is -0.466 e. The number of carbonyl (C=O) groups excluding carboxylic acids is 1. The van der Waals surface area contributed by atoms with Gasteiger partial charge in [-0.25, -0.2) is 0 Å². The van der Waals surface area contributed by atoms with Crippen molar-refractivity contribution in [3.05, 3.63) is 64.7 Å². The van der Waals surface area contributed by atoms with Crippen LogP contribution in [0.5, 0.6) is 0 Å². The third kappa shape index (κ3) is 4.46. The molecule has 0 aromatic heterocycles. The van der Waals surface area contributed by atoms with E-state index in [1.807, 2.05) is 6.92 Å². The number of aryl methyl sites for hydroxylation is 2. The van der Waals surface area contributed by atoms with Crippen LogP contribution in [0, 0.1) is 13.8 Å². The van der Waals surface area contributed by atoms with Gasteiger partial charge in [-0.1, -0.05) is 35.9 Å². The van der Waals surface area contributed by atoms with E-state index in [0.717, 1.165) is 25.8 Å². The SMILES string of the molecule is CCOC(=O)C[C@@H]1CCCN1c1ccc(Cc2ccc(C)cc2C)cc1. The summed E-state index contributed by atoms with van der Waals surface area (Å²) < 4.78 is 5.13. The average Bonchev–Trinajstić information content (AvgIpc) is 3.06. The molecule has 26 heavy (non-hydrogen) atoms. The monoisotopic (exact) mass is 351 g/mol. The molecule has 2 aromatic carbocycles. The summed E-state index contributed by atoms with van der Waals surface area (Å²) >= 11 is 0. The molecule has 0 saturated carbocycles. The Hall–Kier alpha value is -2.29. The summed E-state index contributed by atoms with van der Waals surface area (Å²) in [5, 5.41) is 0. The van der Waals surface area contributed by atoms with Crippen molar-refractivity contribution in [2.24, 2.45) is 0 Å². The van der Waals surface area contributed by atoms with Gasteiger partial charge < -0.3 is 9.64 Å². The maximum Gasteiger partial charge on any atom is 0.307 e. The highest BCUT2D eigenvalue weighted by molar-refractivity contribution is 5.71. The van der Waals surface area contributed by atoms with Crippen LogP contribution in [-0.2, 0) is 16.0 Å². The summed E-state index contributed by atoms with van der Waals surface area (Å²) in [5.74, 6) is -0.0872. The van der Waals surface area contributed by atoms with Crippen molar-refractivity contribution in [1.29, 1.82) is 0 Å². The highest BCUT2D eigenvalue weighted by Crippen LogP contribution is 2.28. The van der Waals surface area contributed by atoms with E-state index >= 15 is 0 Å². The number of nitrogens with zero attached hydrogens (tertiary/aromatic N) is 1. The molecule has 1 aliphatic rings. The lowest BCUT2D eigenvalue weighted by Crippen LogP contribution is -2.31. The van der Waals surface area contributed by atoms with Crippen LogP contribution in [0.2, 0.25) is 0 Å². The molecule has 0 N–H and O–H groups in total. The fourth-order valence-corrected chi connectivity index (χ4v) is 3.87. The Kier molecular flexibility index (Phi) is 5.97. The van der Waals surface area contributed by atoms with Gasteiger partial charge in [-0.05, 0) is 68.9 Å². The lowest BCUT2D eigenvalue weighted by atomic mass is 9.98. The number of benzene rings is 2. The molecule has 0 radical (unpaired) electrons. The second-order valence-electron chi connectivity index (χ2n) is 7.27. The third-order valence-corrected chi connectivity index (χ3v) is 5.25. The molecule has 1 heterocycles. The number of rotatable bonds is 6. The second-order valence-corrected chi connectivity index (χ2v) is 7.27. The molecule has 0 bridgehead atoms. The zero-order valence-corrected chi connectivity index (χ0v) is 16.1. The first-order chi connectivity index (χ1) is 12.6. The van der Waals surface area contributed by atoms with Gasteiger partial charge in [-0.15, -0.1) is 0 Å². The molecule has 138 valence electrons. The maximum absolute atomic E-state index is 11.8. The number of ether oxygens (including phenoxy) is 1. The van der Waals surface area contributed by atoms with Crippen LogP contribution in [0.3, 0.4) is 0 Å². The van der Waals surface area contributed by atoms with Gasteiger partial charge in [0.15, 0.2) is 0 Å². The summed E-state index contributed by atoms with van der Waals surface area (Å²) in [4.78, 5) is 14.2. The Balaban J connectivity index is 1.67. The molecular formula is C23H29NO2. The summed E-state index contributed by atoms with van der Waals surface area (Å²) in [6, 6.07) is 15.7. The van der Waals surface area contributed by atoms with Crippen molar-refractivity contribution in [2.75, 3.05) is 18.1 Å². The van der Waals surface area contributed by atoms with Gasteiger partial charge in [0.05, 0.1) is 13.0 Å². The molecule has 1 aliphatic heterocycles. The molecular weight excluding hydrogens is 322 g/mol. The van der Waals surface area contributed by atoms with Gasteiger partial charge in [0.1, 0.15) is 0 Å². The summed E-state index contributed by atoms with van der Waals surface area (Å²) in [7, 11) is 0. The fraction of sp³-hybridized carbons (Fsp3) is 0.435. The highest BCUT2D eigenvalue weighted by atomic mass is 16.5. The number of anilines is 1. The van der Waals surface area contributed by atoms with Gasteiger partial charge in [-0.3, -0.25) is 4.79 Å². The molecule has 1 saturated heterocycles. The number of hydrogen-bond acceptors (Lipinski definition) is 3. The van der Waals surface area contributed by atoms with Crippen LogP contribution < -0.4 is 4.90 Å². The summed E-state index contributed by atoms with van der Waals surface area (Å²) in [6.45, 7) is 7.65. The zero-order valence-electron chi connectivity index (χ0n) is 16.1. The van der Waals surface area contributed by atoms with E-state index in [9.17, 15) is 4.79 Å². The second kappa shape index (κ2) is 8.39. The Morgan fingerprint density at radius 2 is 1.92 bits per heavy atom. The van der Waals surface area contributed by atoms with E-state index in [1.54, 1.807) is 0 Å². The van der Waals surface area contributed by atoms with Crippen molar-refractivity contribution in [3.8, 4) is 0 Å². The topological polar surface area (TPSA) is 29.5 Å². The Morgan fingerprint density at radius 1 is 1.15 bits per heavy atom. The quantitative estimate of drug-likeness (QED) is 0.699. The normalized spacial score (nSPS) is 16.7.